The molecule has 0 aliphatic carbocycles. The van der Waals surface area contributed by atoms with Crippen LogP contribution in [0.25, 0.3) is 11.1 Å². The number of aryl methyl sites for hydroxylation is 2. The van der Waals surface area contributed by atoms with Gasteiger partial charge in [-0.25, -0.2) is 0 Å². The zero-order valence-corrected chi connectivity index (χ0v) is 65.2. The first-order valence-electron chi connectivity index (χ1n) is 40.3. The molecule has 0 aliphatic heterocycles. The van der Waals surface area contributed by atoms with Crippen LogP contribution in [-0.2, 0) is 21.7 Å². The predicted molar refractivity (Wildman–Crippen MR) is 484 cm³/mol. The molecule has 0 heterocycles. The highest BCUT2D eigenvalue weighted by molar-refractivity contribution is 5.83. The Balaban J connectivity index is 0.771. The molecule has 0 aliphatic rings. The van der Waals surface area contributed by atoms with Crippen LogP contribution < -0.4 is 9.80 Å². The molecule has 0 radical (unpaired) electrons. The molecule has 2 nitrogen and oxygen atoms in total. The van der Waals surface area contributed by atoms with Crippen molar-refractivity contribution in [1.29, 1.82) is 0 Å². The van der Waals surface area contributed by atoms with Crippen molar-refractivity contribution in [3.05, 3.63) is 598 Å². The molecule has 0 saturated heterocycles. The van der Waals surface area contributed by atoms with Crippen LogP contribution in [0.3, 0.4) is 0 Å². The van der Waals surface area contributed by atoms with Gasteiger partial charge in [0.05, 0.1) is 21.7 Å². The van der Waals surface area contributed by atoms with Crippen LogP contribution in [0.15, 0.2) is 497 Å². The first-order chi connectivity index (χ1) is 57.4. The largest absolute Gasteiger partial charge is 0.310 e. The number of benzene rings is 18. The molecular formula is C114H88N2. The van der Waals surface area contributed by atoms with Crippen molar-refractivity contribution in [2.75, 3.05) is 9.80 Å². The molecule has 0 bridgehead atoms. The van der Waals surface area contributed by atoms with E-state index >= 15 is 0 Å². The minimum atomic E-state index is -0.627. The highest BCUT2D eigenvalue weighted by atomic mass is 15.1. The monoisotopic (exact) mass is 1480 g/mol. The fourth-order valence-corrected chi connectivity index (χ4v) is 18.8. The van der Waals surface area contributed by atoms with Gasteiger partial charge in [0.2, 0.25) is 0 Å². The maximum Gasteiger partial charge on any atom is 0.0704 e. The molecule has 0 amide bonds. The van der Waals surface area contributed by atoms with Crippen LogP contribution in [0.5, 0.6) is 0 Å². The van der Waals surface area contributed by atoms with Crippen LogP contribution >= 0.6 is 0 Å². The lowest BCUT2D eigenvalue weighted by molar-refractivity contribution is 0.738. The third-order valence-electron chi connectivity index (χ3n) is 23.9. The lowest BCUT2D eigenvalue weighted by Crippen LogP contribution is -2.32. The standard InChI is InChI=1S/C114H88N2/c1-85-83-107(79-81-109(85)113(95-51-27-9-28-52-95,96-53-29-10-30-54-96)97-55-31-11-32-56-97)115(105-75-67-101(68-76-105)111(89-39-15-3-16-40-89,90-41-17-4-18-42-90)91-43-19-5-20-44-91)103-71-63-87(64-72-103)88-65-73-104(74-66-88)116(106-77-69-102(70-78-106)112(92-45-21-6-22-46-92,93-47-23-7-24-48-93)94-49-25-8-26-50-94)108-80-82-110(86(2)84-108)114(98-57-33-12-34-58-98,99-59-35-13-36-60-99)100-61-37-14-38-62-100/h3-84H,1-2H3. The van der Waals surface area contributed by atoms with Crippen molar-refractivity contribution >= 4 is 34.1 Å². The first-order valence-corrected chi connectivity index (χ1v) is 40.3. The molecule has 116 heavy (non-hydrogen) atoms. The quantitative estimate of drug-likeness (QED) is 0.0589. The maximum atomic E-state index is 2.43. The number of rotatable bonds is 23. The minimum Gasteiger partial charge on any atom is -0.310 e. The molecule has 0 atom stereocenters. The molecule has 0 unspecified atom stereocenters. The van der Waals surface area contributed by atoms with Gasteiger partial charge < -0.3 is 9.80 Å². The second-order valence-electron chi connectivity index (χ2n) is 30.2. The third kappa shape index (κ3) is 13.1. The van der Waals surface area contributed by atoms with Gasteiger partial charge in [0.1, 0.15) is 0 Å². The van der Waals surface area contributed by atoms with Gasteiger partial charge in [-0.1, -0.05) is 425 Å². The fourth-order valence-electron chi connectivity index (χ4n) is 18.8. The molecule has 554 valence electrons. The van der Waals surface area contributed by atoms with E-state index in [1.54, 1.807) is 0 Å². The lowest BCUT2D eigenvalue weighted by Gasteiger charge is -2.38. The van der Waals surface area contributed by atoms with Gasteiger partial charge in [-0.15, -0.1) is 0 Å². The summed E-state index contributed by atoms with van der Waals surface area (Å²) in [6.45, 7) is 4.58. The van der Waals surface area contributed by atoms with Gasteiger partial charge in [-0.3, -0.25) is 0 Å². The first kappa shape index (κ1) is 73.1. The average molecular weight is 1490 g/mol. The third-order valence-corrected chi connectivity index (χ3v) is 23.9. The zero-order chi connectivity index (χ0) is 78.1. The Labute approximate surface area is 683 Å². The number of anilines is 6. The summed E-state index contributed by atoms with van der Waals surface area (Å²) in [5.74, 6) is 0. The Morgan fingerprint density at radius 1 is 0.138 bits per heavy atom. The van der Waals surface area contributed by atoms with Gasteiger partial charge in [0, 0.05) is 34.1 Å². The molecule has 0 aromatic heterocycles. The van der Waals surface area contributed by atoms with Gasteiger partial charge in [-0.05, 0) is 198 Å². The van der Waals surface area contributed by atoms with Crippen molar-refractivity contribution in [3.63, 3.8) is 0 Å². The van der Waals surface area contributed by atoms with E-state index in [1.807, 2.05) is 0 Å². The smallest absolute Gasteiger partial charge is 0.0704 e. The Morgan fingerprint density at radius 3 is 0.457 bits per heavy atom. The van der Waals surface area contributed by atoms with Gasteiger partial charge in [-0.2, -0.15) is 0 Å². The molecule has 18 aromatic carbocycles. The van der Waals surface area contributed by atoms with E-state index in [9.17, 15) is 0 Å². The lowest BCUT2D eigenvalue weighted by atomic mass is 9.64. The summed E-state index contributed by atoms with van der Waals surface area (Å²) in [7, 11) is 0. The summed E-state index contributed by atoms with van der Waals surface area (Å²) in [4.78, 5) is 4.86. The van der Waals surface area contributed by atoms with E-state index in [1.165, 1.54) is 100 Å². The Bertz CT molecular complexity index is 5460. The van der Waals surface area contributed by atoms with Gasteiger partial charge in [0.15, 0.2) is 0 Å². The second kappa shape index (κ2) is 32.3. The average Bonchev–Trinajstić information content (AvgIpc) is 0.723. The molecule has 0 saturated carbocycles. The summed E-state index contributed by atoms with van der Waals surface area (Å²) < 4.78 is 0. The molecule has 0 N–H and O–H groups in total. The van der Waals surface area contributed by atoms with Crippen molar-refractivity contribution in [2.45, 2.75) is 35.5 Å². The van der Waals surface area contributed by atoms with Crippen molar-refractivity contribution in [1.82, 2.24) is 0 Å². The van der Waals surface area contributed by atoms with Gasteiger partial charge >= 0.3 is 0 Å². The van der Waals surface area contributed by atoms with Crippen LogP contribution in [0.4, 0.5) is 34.1 Å². The number of hydrogen-bond donors (Lipinski definition) is 0. The van der Waals surface area contributed by atoms with E-state index in [0.29, 0.717) is 0 Å². The normalized spacial score (nSPS) is 11.7. The van der Waals surface area contributed by atoms with Crippen LogP contribution in [0, 0.1) is 13.8 Å². The number of hydrogen-bond acceptors (Lipinski definition) is 2. The van der Waals surface area contributed by atoms with Crippen molar-refractivity contribution in [3.8, 4) is 11.1 Å². The SMILES string of the molecule is Cc1cc(N(c2ccc(-c3ccc(N(c4ccc(C(c5ccccc5)(c5ccccc5)c5ccccc5)cc4)c4ccc(C(c5ccccc5)(c5ccccc5)c5ccccc5)c(C)c4)cc3)cc2)c2ccc(C(c3ccccc3)(c3ccccc3)c3ccccc3)cc2)ccc1C(c1ccccc1)(c1ccccc1)c1ccccc1. The fraction of sp³-hybridized carbons (Fsp3) is 0.0526. The highest BCUT2D eigenvalue weighted by Gasteiger charge is 2.44. The summed E-state index contributed by atoms with van der Waals surface area (Å²) >= 11 is 0. The maximum absolute atomic E-state index is 2.43. The molecule has 0 fully saturated rings. The minimum absolute atomic E-state index is 0.620. The summed E-state index contributed by atoms with van der Waals surface area (Å²) in [6, 6.07) is 183. The molecule has 18 rings (SSSR count). The molecule has 18 aromatic rings. The van der Waals surface area contributed by atoms with Crippen LogP contribution in [0.2, 0.25) is 0 Å². The molecular weight excluding hydrogens is 1400 g/mol. The van der Waals surface area contributed by atoms with E-state index in [0.717, 1.165) is 45.3 Å². The molecule has 2 heteroatoms. The summed E-state index contributed by atoms with van der Waals surface area (Å²) in [5.41, 5.74) is 27.5. The zero-order valence-electron chi connectivity index (χ0n) is 65.2. The second-order valence-corrected chi connectivity index (χ2v) is 30.2. The number of nitrogens with zero attached hydrogens (tertiary/aromatic N) is 2. The van der Waals surface area contributed by atoms with Crippen molar-refractivity contribution in [2.24, 2.45) is 0 Å². The predicted octanol–water partition coefficient (Wildman–Crippen LogP) is 28.4. The molecule has 0 spiro atoms. The summed E-state index contributed by atoms with van der Waals surface area (Å²) in [5, 5.41) is 0. The topological polar surface area (TPSA) is 6.48 Å². The Morgan fingerprint density at radius 2 is 0.284 bits per heavy atom. The van der Waals surface area contributed by atoms with Gasteiger partial charge in [0.25, 0.3) is 0 Å². The van der Waals surface area contributed by atoms with Crippen molar-refractivity contribution < 1.29 is 0 Å². The van der Waals surface area contributed by atoms with E-state index in [4.69, 9.17) is 0 Å². The Hall–Kier alpha value is -14.4. The van der Waals surface area contributed by atoms with E-state index in [-0.39, 0.29) is 0 Å². The Kier molecular flexibility index (Phi) is 20.4. The van der Waals surface area contributed by atoms with E-state index in [2.05, 4.69) is 521 Å². The van der Waals surface area contributed by atoms with Crippen LogP contribution in [-0.4, -0.2) is 0 Å². The highest BCUT2D eigenvalue weighted by Crippen LogP contribution is 2.53. The summed E-state index contributed by atoms with van der Waals surface area (Å²) in [6.07, 6.45) is 0. The van der Waals surface area contributed by atoms with E-state index < -0.39 is 21.7 Å². The van der Waals surface area contributed by atoms with Crippen LogP contribution in [0.1, 0.15) is 100 Å².